The van der Waals surface area contributed by atoms with Crippen LogP contribution in [0.15, 0.2) is 63.3 Å². The Labute approximate surface area is 189 Å². The highest BCUT2D eigenvalue weighted by Crippen LogP contribution is 2.33. The topological polar surface area (TPSA) is 91.4 Å². The average molecular weight is 450 g/mol. The van der Waals surface area contributed by atoms with Crippen LogP contribution in [-0.4, -0.2) is 33.9 Å². The zero-order chi connectivity index (χ0) is 22.4. The van der Waals surface area contributed by atoms with Crippen LogP contribution in [0.25, 0.3) is 11.5 Å². The third-order valence-corrected chi connectivity index (χ3v) is 6.01. The summed E-state index contributed by atoms with van der Waals surface area (Å²) in [5.74, 6) is 0.355. The number of oxazole rings is 1. The number of imide groups is 1. The number of aryl methyl sites for hydroxylation is 2. The van der Waals surface area contributed by atoms with Gasteiger partial charge in [-0.2, -0.15) is 5.11 Å². The molecular formula is C23H20ClN5O3. The van der Waals surface area contributed by atoms with E-state index >= 15 is 0 Å². The molecule has 0 aliphatic carbocycles. The molecule has 162 valence electrons. The highest BCUT2D eigenvalue weighted by Gasteiger charge is 2.54. The fraction of sp³-hybridized carbons (Fsp3) is 0.261. The second kappa shape index (κ2) is 7.87. The van der Waals surface area contributed by atoms with E-state index in [1.165, 1.54) is 9.91 Å². The van der Waals surface area contributed by atoms with Gasteiger partial charge in [0.15, 0.2) is 12.1 Å². The van der Waals surface area contributed by atoms with Crippen molar-refractivity contribution >= 4 is 29.1 Å². The molecule has 2 amide bonds. The van der Waals surface area contributed by atoms with E-state index in [0.29, 0.717) is 28.1 Å². The quantitative estimate of drug-likeness (QED) is 0.540. The molecule has 0 N–H and O–H groups in total. The number of nitrogens with zero attached hydrogens (tertiary/aromatic N) is 5. The SMILES string of the molecule is CCc1ccc(N2C(=O)[C@@H]3N=NN(Cc4nc(-c5ccc(Cl)cc5)oc4C)[C@H]3C2=O)cc1. The number of hydrogen-bond donors (Lipinski definition) is 0. The van der Waals surface area contributed by atoms with Gasteiger partial charge in [0, 0.05) is 10.6 Å². The number of amides is 2. The molecule has 2 aliphatic heterocycles. The lowest BCUT2D eigenvalue weighted by Crippen LogP contribution is -2.39. The second-order valence-corrected chi connectivity index (χ2v) is 8.19. The van der Waals surface area contributed by atoms with Crippen molar-refractivity contribution in [3.8, 4) is 11.5 Å². The lowest BCUT2D eigenvalue weighted by molar-refractivity contribution is -0.123. The van der Waals surface area contributed by atoms with Crippen molar-refractivity contribution in [2.75, 3.05) is 4.90 Å². The molecule has 0 spiro atoms. The van der Waals surface area contributed by atoms with Crippen molar-refractivity contribution in [2.45, 2.75) is 38.9 Å². The minimum absolute atomic E-state index is 0.204. The van der Waals surface area contributed by atoms with Crippen LogP contribution in [0.2, 0.25) is 5.02 Å². The van der Waals surface area contributed by atoms with Crippen molar-refractivity contribution in [1.82, 2.24) is 9.99 Å². The molecule has 0 bridgehead atoms. The Hall–Kier alpha value is -3.52. The summed E-state index contributed by atoms with van der Waals surface area (Å²) in [5, 5.41) is 10.3. The van der Waals surface area contributed by atoms with Gasteiger partial charge in [0.1, 0.15) is 11.5 Å². The molecule has 2 aliphatic rings. The number of aromatic nitrogens is 1. The smallest absolute Gasteiger partial charge is 0.263 e. The Kier molecular flexibility index (Phi) is 5.01. The van der Waals surface area contributed by atoms with Crippen molar-refractivity contribution in [3.63, 3.8) is 0 Å². The second-order valence-electron chi connectivity index (χ2n) is 7.75. The standard InChI is InChI=1S/C23H20ClN5O3/c1-3-14-4-10-17(11-5-14)29-22(30)19-20(23(29)31)28(27-26-19)12-18-13(2)32-21(25-18)15-6-8-16(24)9-7-15/h4-11,19-20H,3,12H2,1-2H3/t19-,20-/m1/s1. The molecule has 0 saturated carbocycles. The van der Waals surface area contributed by atoms with Gasteiger partial charge >= 0.3 is 0 Å². The molecule has 3 aromatic rings. The molecule has 0 radical (unpaired) electrons. The first-order valence-electron chi connectivity index (χ1n) is 10.3. The number of halogens is 1. The first kappa shape index (κ1) is 20.4. The van der Waals surface area contributed by atoms with Gasteiger partial charge in [0.05, 0.1) is 12.2 Å². The summed E-state index contributed by atoms with van der Waals surface area (Å²) in [5.41, 5.74) is 3.09. The van der Waals surface area contributed by atoms with Crippen molar-refractivity contribution in [1.29, 1.82) is 0 Å². The monoisotopic (exact) mass is 449 g/mol. The van der Waals surface area contributed by atoms with Gasteiger partial charge in [0.2, 0.25) is 5.89 Å². The van der Waals surface area contributed by atoms with E-state index in [1.54, 1.807) is 31.2 Å². The molecule has 2 atom stereocenters. The van der Waals surface area contributed by atoms with Crippen LogP contribution in [0.3, 0.4) is 0 Å². The first-order valence-corrected chi connectivity index (χ1v) is 10.7. The molecule has 1 saturated heterocycles. The van der Waals surface area contributed by atoms with Crippen molar-refractivity contribution in [3.05, 3.63) is 70.6 Å². The van der Waals surface area contributed by atoms with E-state index in [2.05, 4.69) is 15.3 Å². The first-order chi connectivity index (χ1) is 15.5. The summed E-state index contributed by atoms with van der Waals surface area (Å²) in [4.78, 5) is 31.9. The molecule has 1 fully saturated rings. The molecular weight excluding hydrogens is 430 g/mol. The van der Waals surface area contributed by atoms with E-state index in [1.807, 2.05) is 31.2 Å². The number of carbonyl (C=O) groups is 2. The predicted octanol–water partition coefficient (Wildman–Crippen LogP) is 4.36. The fourth-order valence-corrected chi connectivity index (χ4v) is 4.06. The highest BCUT2D eigenvalue weighted by molar-refractivity contribution is 6.30. The average Bonchev–Trinajstić information content (AvgIpc) is 3.45. The van der Waals surface area contributed by atoms with Gasteiger partial charge in [-0.15, -0.1) is 0 Å². The summed E-state index contributed by atoms with van der Waals surface area (Å²) < 4.78 is 5.81. The van der Waals surface area contributed by atoms with Crippen LogP contribution in [0, 0.1) is 6.92 Å². The van der Waals surface area contributed by atoms with Crippen LogP contribution in [0.5, 0.6) is 0 Å². The van der Waals surface area contributed by atoms with E-state index in [-0.39, 0.29) is 18.4 Å². The zero-order valence-corrected chi connectivity index (χ0v) is 18.3. The number of fused-ring (bicyclic) bond motifs is 1. The van der Waals surface area contributed by atoms with E-state index in [4.69, 9.17) is 16.0 Å². The minimum atomic E-state index is -0.851. The number of rotatable bonds is 5. The van der Waals surface area contributed by atoms with Crippen molar-refractivity contribution < 1.29 is 14.0 Å². The molecule has 5 rings (SSSR count). The van der Waals surface area contributed by atoms with Gasteiger partial charge in [0.25, 0.3) is 11.8 Å². The van der Waals surface area contributed by atoms with Gasteiger partial charge in [-0.1, -0.05) is 35.9 Å². The lowest BCUT2D eigenvalue weighted by Gasteiger charge is -2.20. The molecule has 0 unspecified atom stereocenters. The van der Waals surface area contributed by atoms with Crippen LogP contribution < -0.4 is 4.90 Å². The Balaban J connectivity index is 1.38. The lowest BCUT2D eigenvalue weighted by atomic mass is 10.1. The van der Waals surface area contributed by atoms with Gasteiger partial charge in [-0.3, -0.25) is 14.6 Å². The maximum atomic E-state index is 13.2. The predicted molar refractivity (Wildman–Crippen MR) is 118 cm³/mol. The summed E-state index contributed by atoms with van der Waals surface area (Å²) in [6.07, 6.45) is 0.879. The minimum Gasteiger partial charge on any atom is -0.441 e. The Bertz CT molecular complexity index is 1220. The number of anilines is 1. The van der Waals surface area contributed by atoms with Crippen molar-refractivity contribution in [2.24, 2.45) is 10.3 Å². The summed E-state index contributed by atoms with van der Waals surface area (Å²) in [6, 6.07) is 12.9. The molecule has 8 nitrogen and oxygen atoms in total. The summed E-state index contributed by atoms with van der Waals surface area (Å²) in [7, 11) is 0. The molecule has 9 heteroatoms. The third-order valence-electron chi connectivity index (χ3n) is 5.76. The van der Waals surface area contributed by atoms with Gasteiger partial charge in [-0.25, -0.2) is 9.88 Å². The zero-order valence-electron chi connectivity index (χ0n) is 17.5. The van der Waals surface area contributed by atoms with Crippen LogP contribution in [-0.2, 0) is 22.6 Å². The number of hydrogen-bond acceptors (Lipinski definition) is 7. The fourth-order valence-electron chi connectivity index (χ4n) is 3.93. The summed E-state index contributed by atoms with van der Waals surface area (Å²) >= 11 is 5.95. The Morgan fingerprint density at radius 2 is 1.75 bits per heavy atom. The van der Waals surface area contributed by atoms with E-state index < -0.39 is 12.1 Å². The highest BCUT2D eigenvalue weighted by atomic mass is 35.5. The molecule has 1 aromatic heterocycles. The van der Waals surface area contributed by atoms with Gasteiger partial charge in [-0.05, 0) is 55.3 Å². The van der Waals surface area contributed by atoms with Gasteiger partial charge < -0.3 is 4.42 Å². The third kappa shape index (κ3) is 3.36. The maximum absolute atomic E-state index is 13.2. The van der Waals surface area contributed by atoms with Crippen LogP contribution in [0.4, 0.5) is 5.69 Å². The normalized spacial score (nSPS) is 19.8. The van der Waals surface area contributed by atoms with E-state index in [0.717, 1.165) is 17.5 Å². The molecule has 32 heavy (non-hydrogen) atoms. The van der Waals surface area contributed by atoms with Crippen LogP contribution in [0.1, 0.15) is 23.9 Å². The largest absolute Gasteiger partial charge is 0.441 e. The molecule has 3 heterocycles. The molecule has 2 aromatic carbocycles. The number of benzene rings is 2. The maximum Gasteiger partial charge on any atom is 0.263 e. The van der Waals surface area contributed by atoms with E-state index in [9.17, 15) is 9.59 Å². The number of carbonyl (C=O) groups excluding carboxylic acids is 2. The summed E-state index contributed by atoms with van der Waals surface area (Å²) in [6.45, 7) is 4.05. The Morgan fingerprint density at radius 3 is 2.44 bits per heavy atom. The van der Waals surface area contributed by atoms with Crippen LogP contribution >= 0.6 is 11.6 Å². The Morgan fingerprint density at radius 1 is 1.03 bits per heavy atom.